The quantitative estimate of drug-likeness (QED) is 0.641. The largest absolute Gasteiger partial charge is 0.300 e. The first kappa shape index (κ1) is 19.6. The molecule has 152 valence electrons. The molecule has 1 saturated heterocycles. The van der Waals surface area contributed by atoms with Crippen LogP contribution in [0.15, 0.2) is 36.8 Å². The first-order valence-electron chi connectivity index (χ1n) is 10.1. The van der Waals surface area contributed by atoms with E-state index in [-0.39, 0.29) is 18.1 Å². The van der Waals surface area contributed by atoms with E-state index in [0.717, 1.165) is 48.0 Å². The maximum Gasteiger partial charge on any atom is 0.143 e. The van der Waals surface area contributed by atoms with Crippen LogP contribution in [0.4, 0.5) is 4.39 Å². The SMILES string of the molecule is C[C@@H](F)CN1CCC(C(=O)Cc2ncc3ccc(-c4cnn(C)c4)cc3n2)CC1. The number of piperidine rings is 1. The minimum atomic E-state index is -0.829. The fourth-order valence-corrected chi connectivity index (χ4v) is 3.99. The minimum Gasteiger partial charge on any atom is -0.300 e. The van der Waals surface area contributed by atoms with Gasteiger partial charge in [-0.05, 0) is 44.5 Å². The van der Waals surface area contributed by atoms with Crippen LogP contribution in [-0.4, -0.2) is 56.2 Å². The Hall–Kier alpha value is -2.67. The molecular formula is C22H26FN5O. The molecule has 1 aromatic carbocycles. The molecule has 0 spiro atoms. The lowest BCUT2D eigenvalue weighted by Gasteiger charge is -2.31. The van der Waals surface area contributed by atoms with Crippen LogP contribution in [0.2, 0.25) is 0 Å². The van der Waals surface area contributed by atoms with E-state index in [9.17, 15) is 9.18 Å². The number of hydrogen-bond acceptors (Lipinski definition) is 5. The highest BCUT2D eigenvalue weighted by Crippen LogP contribution is 2.24. The highest BCUT2D eigenvalue weighted by atomic mass is 19.1. The molecule has 0 N–H and O–H groups in total. The number of halogens is 1. The lowest BCUT2D eigenvalue weighted by molar-refractivity contribution is -0.123. The topological polar surface area (TPSA) is 63.9 Å². The molecule has 7 heteroatoms. The summed E-state index contributed by atoms with van der Waals surface area (Å²) in [5.41, 5.74) is 2.90. The first-order chi connectivity index (χ1) is 14.0. The lowest BCUT2D eigenvalue weighted by Crippen LogP contribution is -2.39. The molecule has 0 aliphatic carbocycles. The van der Waals surface area contributed by atoms with Gasteiger partial charge in [-0.3, -0.25) is 9.48 Å². The van der Waals surface area contributed by atoms with Crippen LogP contribution in [0.25, 0.3) is 22.0 Å². The Bertz CT molecular complexity index is 1010. The van der Waals surface area contributed by atoms with Gasteiger partial charge in [0, 0.05) is 42.9 Å². The molecule has 0 unspecified atom stereocenters. The van der Waals surface area contributed by atoms with E-state index in [1.165, 1.54) is 0 Å². The molecule has 0 radical (unpaired) electrons. The Morgan fingerprint density at radius 3 is 2.72 bits per heavy atom. The molecule has 29 heavy (non-hydrogen) atoms. The van der Waals surface area contributed by atoms with Crippen molar-refractivity contribution in [1.29, 1.82) is 0 Å². The van der Waals surface area contributed by atoms with Crippen LogP contribution in [0.3, 0.4) is 0 Å². The number of aryl methyl sites for hydroxylation is 1. The zero-order chi connectivity index (χ0) is 20.4. The molecule has 3 aromatic rings. The van der Waals surface area contributed by atoms with E-state index >= 15 is 0 Å². The predicted molar refractivity (Wildman–Crippen MR) is 110 cm³/mol. The van der Waals surface area contributed by atoms with Crippen molar-refractivity contribution < 1.29 is 9.18 Å². The zero-order valence-corrected chi connectivity index (χ0v) is 16.9. The van der Waals surface area contributed by atoms with Gasteiger partial charge in [-0.15, -0.1) is 0 Å². The number of ketones is 1. The van der Waals surface area contributed by atoms with Crippen molar-refractivity contribution in [2.45, 2.75) is 32.4 Å². The van der Waals surface area contributed by atoms with Crippen LogP contribution < -0.4 is 0 Å². The zero-order valence-electron chi connectivity index (χ0n) is 16.9. The maximum absolute atomic E-state index is 13.2. The van der Waals surface area contributed by atoms with Crippen molar-refractivity contribution in [1.82, 2.24) is 24.6 Å². The van der Waals surface area contributed by atoms with Gasteiger partial charge in [0.1, 0.15) is 17.8 Å². The average Bonchev–Trinajstić information content (AvgIpc) is 3.14. The summed E-state index contributed by atoms with van der Waals surface area (Å²) in [6, 6.07) is 6.03. The second kappa shape index (κ2) is 8.37. The number of carbonyl (C=O) groups is 1. The number of hydrogen-bond donors (Lipinski definition) is 0. The van der Waals surface area contributed by atoms with E-state index < -0.39 is 6.17 Å². The van der Waals surface area contributed by atoms with Gasteiger partial charge in [-0.2, -0.15) is 5.10 Å². The van der Waals surface area contributed by atoms with Crippen LogP contribution in [0, 0.1) is 5.92 Å². The molecule has 1 aliphatic heterocycles. The molecule has 0 amide bonds. The third-order valence-electron chi connectivity index (χ3n) is 5.56. The second-order valence-corrected chi connectivity index (χ2v) is 7.96. The minimum absolute atomic E-state index is 0.0159. The number of carbonyl (C=O) groups excluding carboxylic acids is 1. The van der Waals surface area contributed by atoms with Gasteiger partial charge in [0.2, 0.25) is 0 Å². The second-order valence-electron chi connectivity index (χ2n) is 7.96. The summed E-state index contributed by atoms with van der Waals surface area (Å²) in [6.45, 7) is 3.58. The van der Waals surface area contributed by atoms with Crippen LogP contribution in [0.5, 0.6) is 0 Å². The number of rotatable bonds is 6. The molecule has 3 heterocycles. The summed E-state index contributed by atoms with van der Waals surface area (Å²) < 4.78 is 14.9. The molecule has 1 atom stereocenters. The summed E-state index contributed by atoms with van der Waals surface area (Å²) in [5, 5.41) is 5.16. The third-order valence-corrected chi connectivity index (χ3v) is 5.56. The number of likely N-dealkylation sites (tertiary alicyclic amines) is 1. The van der Waals surface area contributed by atoms with Gasteiger partial charge in [-0.25, -0.2) is 14.4 Å². The molecule has 0 bridgehead atoms. The Balaban J connectivity index is 1.44. The average molecular weight is 395 g/mol. The molecule has 2 aromatic heterocycles. The fourth-order valence-electron chi connectivity index (χ4n) is 3.99. The van der Waals surface area contributed by atoms with Crippen molar-refractivity contribution in [3.63, 3.8) is 0 Å². The standard InChI is InChI=1S/C22H26FN5O/c1-15(23)13-28-7-5-16(6-8-28)21(29)10-22-24-11-18-4-3-17(9-20(18)26-22)19-12-25-27(2)14-19/h3-4,9,11-12,14-16H,5-8,10,13H2,1-2H3/t15-/m1/s1. The van der Waals surface area contributed by atoms with E-state index in [0.29, 0.717) is 12.4 Å². The fraction of sp³-hybridized carbons (Fsp3) is 0.455. The van der Waals surface area contributed by atoms with Crippen molar-refractivity contribution >= 4 is 16.7 Å². The van der Waals surface area contributed by atoms with Crippen molar-refractivity contribution in [2.75, 3.05) is 19.6 Å². The molecular weight excluding hydrogens is 369 g/mol. The van der Waals surface area contributed by atoms with Gasteiger partial charge in [0.05, 0.1) is 18.1 Å². The number of Topliss-reactive ketones (excluding diaryl/α,β-unsaturated/α-hetero) is 1. The number of fused-ring (bicyclic) bond motifs is 1. The summed E-state index contributed by atoms with van der Waals surface area (Å²) in [6.07, 6.45) is 6.55. The molecule has 1 aliphatic rings. The lowest BCUT2D eigenvalue weighted by atomic mass is 9.90. The smallest absolute Gasteiger partial charge is 0.143 e. The van der Waals surface area contributed by atoms with Crippen LogP contribution >= 0.6 is 0 Å². The van der Waals surface area contributed by atoms with Gasteiger partial charge in [0.25, 0.3) is 0 Å². The third kappa shape index (κ3) is 4.67. The number of nitrogens with zero attached hydrogens (tertiary/aromatic N) is 5. The summed E-state index contributed by atoms with van der Waals surface area (Å²) >= 11 is 0. The van der Waals surface area contributed by atoms with Crippen LogP contribution in [-0.2, 0) is 18.3 Å². The molecule has 0 saturated carbocycles. The van der Waals surface area contributed by atoms with E-state index in [1.807, 2.05) is 37.6 Å². The summed E-state index contributed by atoms with van der Waals surface area (Å²) in [5.74, 6) is 0.758. The van der Waals surface area contributed by atoms with Crippen molar-refractivity contribution in [2.24, 2.45) is 13.0 Å². The highest BCUT2D eigenvalue weighted by molar-refractivity contribution is 5.85. The van der Waals surface area contributed by atoms with Gasteiger partial charge in [-0.1, -0.05) is 12.1 Å². The number of alkyl halides is 1. The summed E-state index contributed by atoms with van der Waals surface area (Å²) in [4.78, 5) is 23.9. The normalized spacial score (nSPS) is 16.9. The van der Waals surface area contributed by atoms with E-state index in [1.54, 1.807) is 17.8 Å². The Morgan fingerprint density at radius 1 is 1.24 bits per heavy atom. The predicted octanol–water partition coefficient (Wildman–Crippen LogP) is 3.21. The monoisotopic (exact) mass is 395 g/mol. The molecule has 6 nitrogen and oxygen atoms in total. The first-order valence-corrected chi connectivity index (χ1v) is 10.1. The highest BCUT2D eigenvalue weighted by Gasteiger charge is 2.26. The molecule has 1 fully saturated rings. The number of benzene rings is 1. The summed E-state index contributed by atoms with van der Waals surface area (Å²) in [7, 11) is 1.89. The Kier molecular flexibility index (Phi) is 5.67. The van der Waals surface area contributed by atoms with E-state index in [4.69, 9.17) is 0 Å². The van der Waals surface area contributed by atoms with Gasteiger partial charge >= 0.3 is 0 Å². The van der Waals surface area contributed by atoms with Gasteiger partial charge < -0.3 is 4.90 Å². The molecule has 4 rings (SSSR count). The van der Waals surface area contributed by atoms with Crippen molar-refractivity contribution in [3.8, 4) is 11.1 Å². The van der Waals surface area contributed by atoms with E-state index in [2.05, 4.69) is 20.0 Å². The number of aromatic nitrogens is 4. The van der Waals surface area contributed by atoms with Crippen molar-refractivity contribution in [3.05, 3.63) is 42.6 Å². The van der Waals surface area contributed by atoms with Gasteiger partial charge in [0.15, 0.2) is 0 Å². The Morgan fingerprint density at radius 2 is 2.03 bits per heavy atom. The maximum atomic E-state index is 13.2. The van der Waals surface area contributed by atoms with Crippen LogP contribution in [0.1, 0.15) is 25.6 Å². The Labute approximate surface area is 169 Å².